The molecule has 1 N–H and O–H groups in total. The zero-order chi connectivity index (χ0) is 18.4. The second-order valence-electron chi connectivity index (χ2n) is 6.37. The molecule has 3 aromatic rings. The molecule has 1 amide bonds. The van der Waals surface area contributed by atoms with Gasteiger partial charge in [-0.1, -0.05) is 66.7 Å². The first-order valence-corrected chi connectivity index (χ1v) is 8.74. The number of ether oxygens (including phenoxy) is 1. The highest BCUT2D eigenvalue weighted by molar-refractivity contribution is 5.93. The first-order chi connectivity index (χ1) is 12.6. The lowest BCUT2D eigenvalue weighted by Crippen LogP contribution is -2.21. The summed E-state index contributed by atoms with van der Waals surface area (Å²) >= 11 is 0. The number of para-hydroxylation sites is 2. The lowest BCUT2D eigenvalue weighted by molar-refractivity contribution is -0.118. The van der Waals surface area contributed by atoms with E-state index in [9.17, 15) is 4.79 Å². The maximum Gasteiger partial charge on any atom is 0.262 e. The Bertz CT molecular complexity index is 867. The predicted octanol–water partition coefficient (Wildman–Crippen LogP) is 4.91. The van der Waals surface area contributed by atoms with E-state index in [0.717, 1.165) is 34.5 Å². The average Bonchev–Trinajstić information content (AvgIpc) is 2.65. The Kier molecular flexibility index (Phi) is 5.69. The maximum absolute atomic E-state index is 12.3. The van der Waals surface area contributed by atoms with Crippen molar-refractivity contribution in [1.82, 2.24) is 0 Å². The summed E-state index contributed by atoms with van der Waals surface area (Å²) in [5.74, 6) is 0.588. The molecule has 0 saturated carbocycles. The van der Waals surface area contributed by atoms with Gasteiger partial charge in [-0.15, -0.1) is 0 Å². The number of carbonyl (C=O) groups is 1. The molecule has 0 saturated heterocycles. The van der Waals surface area contributed by atoms with Crippen molar-refractivity contribution in [3.8, 4) is 5.75 Å². The number of rotatable bonds is 6. The van der Waals surface area contributed by atoms with Gasteiger partial charge in [0.1, 0.15) is 5.75 Å². The third-order valence-electron chi connectivity index (χ3n) is 4.31. The van der Waals surface area contributed by atoms with E-state index >= 15 is 0 Å². The Balaban J connectivity index is 1.65. The van der Waals surface area contributed by atoms with Crippen LogP contribution in [0, 0.1) is 13.8 Å². The van der Waals surface area contributed by atoms with E-state index in [2.05, 4.69) is 17.4 Å². The fourth-order valence-corrected chi connectivity index (χ4v) is 2.94. The van der Waals surface area contributed by atoms with E-state index in [1.807, 2.05) is 74.5 Å². The quantitative estimate of drug-likeness (QED) is 0.689. The van der Waals surface area contributed by atoms with Gasteiger partial charge in [0.2, 0.25) is 0 Å². The van der Waals surface area contributed by atoms with Crippen LogP contribution in [0.2, 0.25) is 0 Å². The number of benzene rings is 3. The molecule has 0 aliphatic heterocycles. The number of nitrogens with one attached hydrogen (secondary N) is 1. The van der Waals surface area contributed by atoms with Crippen LogP contribution < -0.4 is 10.1 Å². The molecule has 3 heteroatoms. The van der Waals surface area contributed by atoms with E-state index in [1.165, 1.54) is 5.56 Å². The number of aryl methyl sites for hydroxylation is 2. The molecule has 26 heavy (non-hydrogen) atoms. The van der Waals surface area contributed by atoms with Crippen LogP contribution in [0.1, 0.15) is 22.3 Å². The molecule has 0 aromatic heterocycles. The van der Waals surface area contributed by atoms with Crippen LogP contribution in [0.3, 0.4) is 0 Å². The number of anilines is 1. The summed E-state index contributed by atoms with van der Waals surface area (Å²) in [5, 5.41) is 2.95. The fraction of sp³-hybridized carbons (Fsp3) is 0.174. The van der Waals surface area contributed by atoms with Crippen molar-refractivity contribution in [3.05, 3.63) is 95.1 Å². The molecule has 0 fully saturated rings. The molecule has 0 atom stereocenters. The molecule has 3 nitrogen and oxygen atoms in total. The Hall–Kier alpha value is -3.07. The molecule has 0 radical (unpaired) electrons. The topological polar surface area (TPSA) is 38.3 Å². The Labute approximate surface area is 154 Å². The van der Waals surface area contributed by atoms with Crippen LogP contribution in [0.4, 0.5) is 5.69 Å². The summed E-state index contributed by atoms with van der Waals surface area (Å²) < 4.78 is 5.81. The number of hydrogen-bond acceptors (Lipinski definition) is 2. The highest BCUT2D eigenvalue weighted by Gasteiger charge is 2.10. The number of amides is 1. The van der Waals surface area contributed by atoms with Gasteiger partial charge in [-0.3, -0.25) is 4.79 Å². The molecule has 0 heterocycles. The second kappa shape index (κ2) is 8.34. The van der Waals surface area contributed by atoms with Crippen molar-refractivity contribution in [2.24, 2.45) is 0 Å². The van der Waals surface area contributed by atoms with E-state index in [4.69, 9.17) is 4.74 Å². The summed E-state index contributed by atoms with van der Waals surface area (Å²) in [5.41, 5.74) is 5.23. The first-order valence-electron chi connectivity index (χ1n) is 8.74. The van der Waals surface area contributed by atoms with Crippen molar-refractivity contribution in [2.75, 3.05) is 11.9 Å². The van der Waals surface area contributed by atoms with Crippen molar-refractivity contribution in [2.45, 2.75) is 20.3 Å². The SMILES string of the molecule is Cc1cccc(C)c1NC(=O)COc1ccccc1Cc1ccccc1. The second-order valence-corrected chi connectivity index (χ2v) is 6.37. The van der Waals surface area contributed by atoms with Crippen molar-refractivity contribution in [1.29, 1.82) is 0 Å². The van der Waals surface area contributed by atoms with Gasteiger partial charge in [-0.2, -0.15) is 0 Å². The van der Waals surface area contributed by atoms with Crippen LogP contribution in [0.25, 0.3) is 0 Å². The summed E-state index contributed by atoms with van der Waals surface area (Å²) in [6.07, 6.45) is 0.773. The number of hydrogen-bond donors (Lipinski definition) is 1. The predicted molar refractivity (Wildman–Crippen MR) is 106 cm³/mol. The minimum absolute atomic E-state index is 0.0143. The zero-order valence-electron chi connectivity index (χ0n) is 15.2. The smallest absolute Gasteiger partial charge is 0.262 e. The highest BCUT2D eigenvalue weighted by Crippen LogP contribution is 2.22. The lowest BCUT2D eigenvalue weighted by atomic mass is 10.0. The summed E-state index contributed by atoms with van der Waals surface area (Å²) in [4.78, 5) is 12.3. The van der Waals surface area contributed by atoms with Gasteiger partial charge < -0.3 is 10.1 Å². The van der Waals surface area contributed by atoms with Gasteiger partial charge in [0.15, 0.2) is 6.61 Å². The minimum atomic E-state index is -0.156. The molecular weight excluding hydrogens is 322 g/mol. The Morgan fingerprint density at radius 3 is 2.23 bits per heavy atom. The molecule has 0 bridgehead atoms. The third-order valence-corrected chi connectivity index (χ3v) is 4.31. The molecule has 3 rings (SSSR count). The van der Waals surface area contributed by atoms with Gasteiger partial charge >= 0.3 is 0 Å². The summed E-state index contributed by atoms with van der Waals surface area (Å²) in [7, 11) is 0. The Morgan fingerprint density at radius 2 is 1.50 bits per heavy atom. The average molecular weight is 345 g/mol. The van der Waals surface area contributed by atoms with Gasteiger partial charge in [0.05, 0.1) is 0 Å². The van der Waals surface area contributed by atoms with Gasteiger partial charge in [0, 0.05) is 12.1 Å². The molecule has 0 aliphatic carbocycles. The van der Waals surface area contributed by atoms with Crippen LogP contribution in [-0.2, 0) is 11.2 Å². The highest BCUT2D eigenvalue weighted by atomic mass is 16.5. The molecule has 0 aliphatic rings. The maximum atomic E-state index is 12.3. The van der Waals surface area contributed by atoms with Crippen molar-refractivity contribution in [3.63, 3.8) is 0 Å². The van der Waals surface area contributed by atoms with Crippen LogP contribution >= 0.6 is 0 Å². The summed E-state index contributed by atoms with van der Waals surface area (Å²) in [6, 6.07) is 24.0. The normalized spacial score (nSPS) is 10.4. The molecule has 0 spiro atoms. The largest absolute Gasteiger partial charge is 0.483 e. The van der Waals surface area contributed by atoms with E-state index in [-0.39, 0.29) is 12.5 Å². The number of carbonyl (C=O) groups excluding carboxylic acids is 1. The standard InChI is InChI=1S/C23H23NO2/c1-17-9-8-10-18(2)23(17)24-22(25)16-26-21-14-7-6-13-20(21)15-19-11-4-3-5-12-19/h3-14H,15-16H2,1-2H3,(H,24,25). The fourth-order valence-electron chi connectivity index (χ4n) is 2.94. The van der Waals surface area contributed by atoms with E-state index in [0.29, 0.717) is 0 Å². The Morgan fingerprint density at radius 1 is 0.846 bits per heavy atom. The molecular formula is C23H23NO2. The molecule has 3 aromatic carbocycles. The first kappa shape index (κ1) is 17.7. The van der Waals surface area contributed by atoms with E-state index < -0.39 is 0 Å². The van der Waals surface area contributed by atoms with E-state index in [1.54, 1.807) is 0 Å². The van der Waals surface area contributed by atoms with Crippen LogP contribution in [-0.4, -0.2) is 12.5 Å². The summed E-state index contributed by atoms with van der Waals surface area (Å²) in [6.45, 7) is 3.96. The van der Waals surface area contributed by atoms with Crippen molar-refractivity contribution < 1.29 is 9.53 Å². The monoisotopic (exact) mass is 345 g/mol. The third kappa shape index (κ3) is 4.51. The van der Waals surface area contributed by atoms with Crippen LogP contribution in [0.15, 0.2) is 72.8 Å². The van der Waals surface area contributed by atoms with Gasteiger partial charge in [0.25, 0.3) is 5.91 Å². The molecule has 132 valence electrons. The van der Waals surface area contributed by atoms with Gasteiger partial charge in [-0.05, 0) is 42.2 Å². The lowest BCUT2D eigenvalue weighted by Gasteiger charge is -2.14. The van der Waals surface area contributed by atoms with Gasteiger partial charge in [-0.25, -0.2) is 0 Å². The van der Waals surface area contributed by atoms with Crippen molar-refractivity contribution >= 4 is 11.6 Å². The minimum Gasteiger partial charge on any atom is -0.483 e. The molecule has 0 unspecified atom stereocenters. The van der Waals surface area contributed by atoms with Crippen LogP contribution in [0.5, 0.6) is 5.75 Å². The zero-order valence-corrected chi connectivity index (χ0v) is 15.2.